The van der Waals surface area contributed by atoms with Crippen molar-refractivity contribution in [3.63, 3.8) is 0 Å². The van der Waals surface area contributed by atoms with Gasteiger partial charge in [-0.2, -0.15) is 0 Å². The van der Waals surface area contributed by atoms with Gasteiger partial charge in [0.25, 0.3) is 5.92 Å². The first-order valence-corrected chi connectivity index (χ1v) is 11.5. The maximum Gasteiger partial charge on any atom is 0.264 e. The van der Waals surface area contributed by atoms with Gasteiger partial charge in [0.15, 0.2) is 6.29 Å². The van der Waals surface area contributed by atoms with Crippen molar-refractivity contribution >= 4 is 29.4 Å². The number of piperidine rings is 1. The number of carbonyl (C=O) groups excluding carboxylic acids is 1. The maximum atomic E-state index is 13.7. The number of fused-ring (bicyclic) bond motifs is 1. The number of aldehydes is 1. The molecule has 0 amide bonds. The fraction of sp³-hybridized carbons (Fsp3) is 0.400. The van der Waals surface area contributed by atoms with Crippen LogP contribution in [0.15, 0.2) is 75.8 Å². The van der Waals surface area contributed by atoms with Crippen LogP contribution in [0, 0.1) is 5.41 Å². The topological polar surface area (TPSA) is 85.8 Å². The molecule has 1 atom stereocenters. The molecule has 0 aromatic carbocycles. The molecule has 0 bridgehead atoms. The van der Waals surface area contributed by atoms with Crippen molar-refractivity contribution in [2.75, 3.05) is 13.1 Å². The van der Waals surface area contributed by atoms with Gasteiger partial charge in [-0.15, -0.1) is 0 Å². The van der Waals surface area contributed by atoms with Crippen molar-refractivity contribution in [3.8, 4) is 0 Å². The van der Waals surface area contributed by atoms with Crippen molar-refractivity contribution in [2.24, 2.45) is 10.7 Å². The third kappa shape index (κ3) is 7.08. The van der Waals surface area contributed by atoms with E-state index in [1.54, 1.807) is 43.2 Å². The second-order valence-electron chi connectivity index (χ2n) is 8.26. The molecule has 9 heteroatoms. The Labute approximate surface area is 205 Å². The van der Waals surface area contributed by atoms with Gasteiger partial charge in [-0.25, -0.2) is 13.8 Å². The van der Waals surface area contributed by atoms with Gasteiger partial charge in [0, 0.05) is 59.9 Å². The third-order valence-corrected chi connectivity index (χ3v) is 5.84. The molecule has 0 radical (unpaired) electrons. The summed E-state index contributed by atoms with van der Waals surface area (Å²) >= 11 is 5.61. The first kappa shape index (κ1) is 27.4. The fourth-order valence-electron chi connectivity index (χ4n) is 3.49. The van der Waals surface area contributed by atoms with Crippen LogP contribution in [0.1, 0.15) is 40.0 Å². The lowest BCUT2D eigenvalue weighted by atomic mass is 9.97. The van der Waals surface area contributed by atoms with Crippen molar-refractivity contribution in [1.29, 1.82) is 5.41 Å². The molecule has 1 saturated heterocycles. The Balaban J connectivity index is 0.000000316. The number of nitrogens with two attached hydrogens (primary N) is 1. The second-order valence-corrected chi connectivity index (χ2v) is 8.70. The molecular weight excluding hydrogens is 460 g/mol. The smallest absolute Gasteiger partial charge is 0.264 e. The summed E-state index contributed by atoms with van der Waals surface area (Å²) < 4.78 is 27.4. The Bertz CT molecular complexity index is 995. The van der Waals surface area contributed by atoms with E-state index in [0.717, 1.165) is 38.7 Å². The number of allylic oxidation sites excluding steroid dienone is 7. The lowest BCUT2D eigenvalue weighted by Crippen LogP contribution is -2.46. The van der Waals surface area contributed by atoms with Crippen molar-refractivity contribution in [1.82, 2.24) is 9.80 Å². The van der Waals surface area contributed by atoms with Crippen LogP contribution in [0.25, 0.3) is 0 Å². The summed E-state index contributed by atoms with van der Waals surface area (Å²) in [4.78, 5) is 18.8. The standard InChI is InChI=1S/C17H22F2N4.C8H10ClNO/c1-12-11-14(22-8-4-3-5-9-22)21-16-13(7-6-10-23(12)16)15(20)17(2,18)19;1-3-8(9)4-7(5-11)6(2)10/h6-7,10-11,15H,1,3-5,8-9,20H2,2H3;3-5,10H,1-2H3/b;7-4-,8-3+,10-6?. The summed E-state index contributed by atoms with van der Waals surface area (Å²) in [6.07, 6.45) is 14.2. The third-order valence-electron chi connectivity index (χ3n) is 5.51. The van der Waals surface area contributed by atoms with Gasteiger partial charge in [-0.3, -0.25) is 4.79 Å². The molecule has 0 spiro atoms. The highest BCUT2D eigenvalue weighted by molar-refractivity contribution is 6.32. The lowest BCUT2D eigenvalue weighted by Gasteiger charge is -2.37. The fourth-order valence-corrected chi connectivity index (χ4v) is 3.61. The van der Waals surface area contributed by atoms with Gasteiger partial charge in [-0.05, 0) is 45.3 Å². The summed E-state index contributed by atoms with van der Waals surface area (Å²) in [6, 6.07) is -1.40. The summed E-state index contributed by atoms with van der Waals surface area (Å²) in [7, 11) is 0. The zero-order valence-corrected chi connectivity index (χ0v) is 20.6. The number of hydrogen-bond donors (Lipinski definition) is 2. The number of nitrogens with zero attached hydrogens (tertiary/aromatic N) is 3. The molecule has 6 nitrogen and oxygen atoms in total. The number of amidine groups is 1. The molecule has 184 valence electrons. The Kier molecular flexibility index (Phi) is 9.70. The van der Waals surface area contributed by atoms with Crippen LogP contribution in [0.2, 0.25) is 0 Å². The largest absolute Gasteiger partial charge is 0.356 e. The minimum Gasteiger partial charge on any atom is -0.356 e. The number of halogens is 3. The minimum atomic E-state index is -3.01. The van der Waals surface area contributed by atoms with E-state index < -0.39 is 12.0 Å². The molecule has 3 N–H and O–H groups in total. The highest BCUT2D eigenvalue weighted by Gasteiger charge is 2.38. The molecule has 3 aliphatic rings. The lowest BCUT2D eigenvalue weighted by molar-refractivity contribution is -0.104. The van der Waals surface area contributed by atoms with Crippen LogP contribution < -0.4 is 5.73 Å². The first-order valence-electron chi connectivity index (χ1n) is 11.1. The van der Waals surface area contributed by atoms with Gasteiger partial charge >= 0.3 is 0 Å². The summed E-state index contributed by atoms with van der Waals surface area (Å²) in [6.45, 7) is 10.0. The minimum absolute atomic E-state index is 0.222. The monoisotopic (exact) mass is 491 g/mol. The first-order chi connectivity index (χ1) is 16.0. The van der Waals surface area contributed by atoms with Gasteiger partial charge in [-0.1, -0.05) is 30.3 Å². The molecule has 0 aromatic rings. The number of aliphatic imine (C=N–C) groups is 1. The average molecular weight is 492 g/mol. The Hall–Kier alpha value is -2.84. The molecule has 0 aliphatic carbocycles. The molecule has 3 rings (SSSR count). The van der Waals surface area contributed by atoms with E-state index in [-0.39, 0.29) is 5.71 Å². The van der Waals surface area contributed by atoms with E-state index in [2.05, 4.69) is 16.5 Å². The molecular formula is C25H32ClF2N5O. The Morgan fingerprint density at radius 3 is 2.53 bits per heavy atom. The van der Waals surface area contributed by atoms with Gasteiger partial charge in [0.05, 0.1) is 6.04 Å². The zero-order chi connectivity index (χ0) is 25.5. The second kappa shape index (κ2) is 12.0. The molecule has 34 heavy (non-hydrogen) atoms. The summed E-state index contributed by atoms with van der Waals surface area (Å²) in [5.74, 6) is -1.78. The van der Waals surface area contributed by atoms with Crippen molar-refractivity contribution in [3.05, 3.63) is 70.9 Å². The van der Waals surface area contributed by atoms with Gasteiger partial charge in [0.1, 0.15) is 11.7 Å². The normalized spacial score (nSPS) is 19.9. The predicted octanol–water partition coefficient (Wildman–Crippen LogP) is 5.27. The zero-order valence-electron chi connectivity index (χ0n) is 19.8. The number of alkyl halides is 2. The predicted molar refractivity (Wildman–Crippen MR) is 135 cm³/mol. The van der Waals surface area contributed by atoms with Crippen LogP contribution >= 0.6 is 11.6 Å². The van der Waals surface area contributed by atoms with Crippen molar-refractivity contribution < 1.29 is 13.6 Å². The molecule has 0 saturated carbocycles. The molecule has 1 fully saturated rings. The number of carbonyl (C=O) groups is 1. The van der Waals surface area contributed by atoms with E-state index in [1.165, 1.54) is 12.5 Å². The van der Waals surface area contributed by atoms with Gasteiger partial charge in [0.2, 0.25) is 0 Å². The van der Waals surface area contributed by atoms with Crippen LogP contribution in [-0.2, 0) is 4.79 Å². The Morgan fingerprint density at radius 2 is 2.00 bits per heavy atom. The van der Waals surface area contributed by atoms with Crippen molar-refractivity contribution in [2.45, 2.75) is 52.0 Å². The Morgan fingerprint density at radius 1 is 1.35 bits per heavy atom. The highest BCUT2D eigenvalue weighted by Crippen LogP contribution is 2.31. The maximum absolute atomic E-state index is 13.7. The molecule has 1 unspecified atom stereocenters. The van der Waals surface area contributed by atoms with Crippen LogP contribution in [-0.4, -0.2) is 52.7 Å². The summed E-state index contributed by atoms with van der Waals surface area (Å²) in [5, 5.41) is 7.61. The molecule has 3 aliphatic heterocycles. The summed E-state index contributed by atoms with van der Waals surface area (Å²) in [5.41, 5.74) is 7.36. The quantitative estimate of drug-likeness (QED) is 0.229. The van der Waals surface area contributed by atoms with E-state index >= 15 is 0 Å². The number of nitrogens with one attached hydrogen (secondary N) is 1. The van der Waals surface area contributed by atoms with Gasteiger partial charge < -0.3 is 20.9 Å². The average Bonchev–Trinajstić information content (AvgIpc) is 2.81. The number of hydrogen-bond acceptors (Lipinski definition) is 6. The van der Waals surface area contributed by atoms with E-state index in [0.29, 0.717) is 34.0 Å². The van der Waals surface area contributed by atoms with Crippen LogP contribution in [0.4, 0.5) is 8.78 Å². The highest BCUT2D eigenvalue weighted by atomic mass is 35.5. The van der Waals surface area contributed by atoms with Crippen LogP contribution in [0.5, 0.6) is 0 Å². The SMILES string of the molecule is C/C=C(Cl)\C=C(\C=O)C(C)=N.C=C1C=C(N2CCCCC2)N=C2C(C(N)C(C)(F)F)=CC=CN12. The number of likely N-dealkylation sites (tertiary alicyclic amines) is 1. The van der Waals surface area contributed by atoms with E-state index in [1.807, 2.05) is 6.08 Å². The number of rotatable bonds is 6. The molecule has 3 heterocycles. The molecule has 0 aromatic heterocycles. The van der Waals surface area contributed by atoms with E-state index in [4.69, 9.17) is 22.7 Å². The van der Waals surface area contributed by atoms with Crippen LogP contribution in [0.3, 0.4) is 0 Å². The van der Waals surface area contributed by atoms with E-state index in [9.17, 15) is 13.6 Å².